The molecule has 1 aliphatic heterocycles. The third kappa shape index (κ3) is 2.59. The number of carbonyl (C=O) groups is 2. The summed E-state index contributed by atoms with van der Waals surface area (Å²) in [4.78, 5) is 24.4. The summed E-state index contributed by atoms with van der Waals surface area (Å²) in [7, 11) is 0. The van der Waals surface area contributed by atoms with Gasteiger partial charge in [-0.1, -0.05) is 19.9 Å². The van der Waals surface area contributed by atoms with E-state index in [1.165, 1.54) is 6.92 Å². The van der Waals surface area contributed by atoms with Crippen molar-refractivity contribution in [2.24, 2.45) is 17.3 Å². The molecule has 0 radical (unpaired) electrons. The molecule has 7 heteroatoms. The van der Waals surface area contributed by atoms with Gasteiger partial charge in [-0.15, -0.1) is 0 Å². The summed E-state index contributed by atoms with van der Waals surface area (Å²) in [5.41, 5.74) is -0.339. The third-order valence-corrected chi connectivity index (χ3v) is 7.03. The predicted molar refractivity (Wildman–Crippen MR) is 95.1 cm³/mol. The van der Waals surface area contributed by atoms with Crippen molar-refractivity contribution < 1.29 is 34.4 Å². The number of rotatable bonds is 2. The standard InChI is InChI=1S/C20H28O7/c1-6-9(2)17(23)26-12-8-7-10(3)19(5)14(12)16(22)20(25)13(15(19)21)11(4)18(24)27-20/h6,10,12,14-16,21-22,25H,7-8H2,1-5H3/b9-6-/t10-,12-,14+,15+,16+,19+,20+/m0/s1. The molecule has 0 saturated heterocycles. The molecule has 0 spiro atoms. The molecule has 0 amide bonds. The molecule has 7 nitrogen and oxygen atoms in total. The summed E-state index contributed by atoms with van der Waals surface area (Å²) in [6.45, 7) is 8.59. The first-order valence-corrected chi connectivity index (χ1v) is 9.37. The van der Waals surface area contributed by atoms with Gasteiger partial charge in [0.2, 0.25) is 0 Å². The smallest absolute Gasteiger partial charge is 0.336 e. The molecular weight excluding hydrogens is 352 g/mol. The minimum atomic E-state index is -2.30. The lowest BCUT2D eigenvalue weighted by Crippen LogP contribution is -2.69. The molecule has 2 fully saturated rings. The molecule has 7 atom stereocenters. The highest BCUT2D eigenvalue weighted by Gasteiger charge is 2.69. The monoisotopic (exact) mass is 380 g/mol. The number of hydrogen-bond donors (Lipinski definition) is 3. The maximum absolute atomic E-state index is 12.3. The zero-order valence-electron chi connectivity index (χ0n) is 16.4. The molecule has 0 bridgehead atoms. The lowest BCUT2D eigenvalue weighted by Gasteiger charge is -2.59. The Kier molecular flexibility index (Phi) is 4.77. The molecule has 150 valence electrons. The summed E-state index contributed by atoms with van der Waals surface area (Å²) >= 11 is 0. The fourth-order valence-electron chi connectivity index (χ4n) is 4.94. The highest BCUT2D eigenvalue weighted by atomic mass is 16.7. The van der Waals surface area contributed by atoms with Gasteiger partial charge in [-0.25, -0.2) is 9.59 Å². The predicted octanol–water partition coefficient (Wildman–Crippen LogP) is 1.21. The SMILES string of the molecule is C/C=C(/C)C(=O)O[C@H]1CC[C@H](C)[C@]2(C)[C@H]1[C@@H](O)[C@]1(O)OC(=O)C(C)=C1[C@H]2O. The van der Waals surface area contributed by atoms with Crippen LogP contribution in [0.15, 0.2) is 22.8 Å². The van der Waals surface area contributed by atoms with Gasteiger partial charge < -0.3 is 24.8 Å². The first kappa shape index (κ1) is 20.0. The van der Waals surface area contributed by atoms with Crippen molar-refractivity contribution in [3.8, 4) is 0 Å². The topological polar surface area (TPSA) is 113 Å². The fraction of sp³-hybridized carbons (Fsp3) is 0.700. The molecule has 27 heavy (non-hydrogen) atoms. The molecular formula is C20H28O7. The summed E-state index contributed by atoms with van der Waals surface area (Å²) in [6.07, 6.45) is -0.659. The fourth-order valence-corrected chi connectivity index (χ4v) is 4.94. The molecule has 3 N–H and O–H groups in total. The van der Waals surface area contributed by atoms with E-state index in [-0.39, 0.29) is 17.1 Å². The van der Waals surface area contributed by atoms with E-state index < -0.39 is 47.4 Å². The number of carbonyl (C=O) groups excluding carboxylic acids is 2. The molecule has 2 saturated carbocycles. The third-order valence-electron chi connectivity index (χ3n) is 7.03. The van der Waals surface area contributed by atoms with E-state index in [0.29, 0.717) is 18.4 Å². The second kappa shape index (κ2) is 6.43. The molecule has 3 rings (SSSR count). The van der Waals surface area contributed by atoms with Crippen LogP contribution in [0.5, 0.6) is 0 Å². The highest BCUT2D eigenvalue weighted by Crippen LogP contribution is 2.60. The van der Waals surface area contributed by atoms with Crippen LogP contribution in [-0.4, -0.2) is 51.4 Å². The lowest BCUT2D eigenvalue weighted by atomic mass is 9.50. The first-order valence-electron chi connectivity index (χ1n) is 9.37. The Labute approximate surface area is 158 Å². The Bertz CT molecular complexity index is 739. The van der Waals surface area contributed by atoms with E-state index in [0.717, 1.165) is 0 Å². The van der Waals surface area contributed by atoms with E-state index in [2.05, 4.69) is 0 Å². The van der Waals surface area contributed by atoms with Gasteiger partial charge in [-0.2, -0.15) is 0 Å². The van der Waals surface area contributed by atoms with Crippen LogP contribution in [-0.2, 0) is 19.1 Å². The number of hydrogen-bond acceptors (Lipinski definition) is 7. The van der Waals surface area contributed by atoms with E-state index in [4.69, 9.17) is 9.47 Å². The van der Waals surface area contributed by atoms with Gasteiger partial charge in [-0.3, -0.25) is 0 Å². The maximum Gasteiger partial charge on any atom is 0.336 e. The molecule has 0 unspecified atom stereocenters. The van der Waals surface area contributed by atoms with Crippen LogP contribution in [0.4, 0.5) is 0 Å². The van der Waals surface area contributed by atoms with Gasteiger partial charge >= 0.3 is 11.9 Å². The van der Waals surface area contributed by atoms with Gasteiger partial charge in [-0.05, 0) is 39.5 Å². The van der Waals surface area contributed by atoms with Crippen molar-refractivity contribution in [1.82, 2.24) is 0 Å². The Morgan fingerprint density at radius 2 is 1.96 bits per heavy atom. The van der Waals surface area contributed by atoms with Gasteiger partial charge in [0.15, 0.2) is 0 Å². The highest BCUT2D eigenvalue weighted by molar-refractivity contribution is 5.93. The van der Waals surface area contributed by atoms with Crippen LogP contribution in [0.3, 0.4) is 0 Å². The first-order chi connectivity index (χ1) is 12.5. The van der Waals surface area contributed by atoms with Crippen molar-refractivity contribution >= 4 is 11.9 Å². The molecule has 0 aromatic heterocycles. The number of esters is 2. The summed E-state index contributed by atoms with van der Waals surface area (Å²) in [6, 6.07) is 0. The van der Waals surface area contributed by atoms with Crippen molar-refractivity contribution in [3.63, 3.8) is 0 Å². The molecule has 2 aliphatic carbocycles. The average Bonchev–Trinajstić information content (AvgIpc) is 2.85. The number of aliphatic hydroxyl groups excluding tert-OH is 2. The quantitative estimate of drug-likeness (QED) is 0.487. The summed E-state index contributed by atoms with van der Waals surface area (Å²) in [5, 5.41) is 33.2. The minimum Gasteiger partial charge on any atom is -0.459 e. The molecule has 0 aromatic rings. The van der Waals surface area contributed by atoms with Crippen molar-refractivity contribution in [3.05, 3.63) is 22.8 Å². The number of allylic oxidation sites excluding steroid dienone is 1. The Morgan fingerprint density at radius 1 is 1.33 bits per heavy atom. The average molecular weight is 380 g/mol. The Hall–Kier alpha value is -1.70. The largest absolute Gasteiger partial charge is 0.459 e. The molecule has 0 aromatic carbocycles. The van der Waals surface area contributed by atoms with E-state index in [1.54, 1.807) is 26.8 Å². The summed E-state index contributed by atoms with van der Waals surface area (Å²) in [5.74, 6) is -4.40. The normalized spacial score (nSPS) is 44.5. The maximum atomic E-state index is 12.3. The Morgan fingerprint density at radius 3 is 2.56 bits per heavy atom. The Balaban J connectivity index is 2.07. The number of aliphatic hydroxyl groups is 3. The van der Waals surface area contributed by atoms with Crippen LogP contribution in [0.1, 0.15) is 47.5 Å². The van der Waals surface area contributed by atoms with E-state index in [9.17, 15) is 24.9 Å². The van der Waals surface area contributed by atoms with E-state index in [1.807, 2.05) is 6.92 Å². The van der Waals surface area contributed by atoms with Gasteiger partial charge in [0.25, 0.3) is 5.79 Å². The van der Waals surface area contributed by atoms with Crippen LogP contribution in [0.25, 0.3) is 0 Å². The van der Waals surface area contributed by atoms with Gasteiger partial charge in [0, 0.05) is 28.1 Å². The lowest BCUT2D eigenvalue weighted by molar-refractivity contribution is -0.288. The summed E-state index contributed by atoms with van der Waals surface area (Å²) < 4.78 is 10.7. The van der Waals surface area contributed by atoms with Gasteiger partial charge in [0.05, 0.1) is 6.10 Å². The zero-order valence-corrected chi connectivity index (χ0v) is 16.4. The van der Waals surface area contributed by atoms with Crippen LogP contribution < -0.4 is 0 Å². The van der Waals surface area contributed by atoms with Gasteiger partial charge in [0.1, 0.15) is 12.2 Å². The van der Waals surface area contributed by atoms with Crippen molar-refractivity contribution in [1.29, 1.82) is 0 Å². The van der Waals surface area contributed by atoms with Crippen LogP contribution >= 0.6 is 0 Å². The van der Waals surface area contributed by atoms with Crippen molar-refractivity contribution in [2.45, 2.75) is 71.6 Å². The molecule has 1 heterocycles. The number of ether oxygens (including phenoxy) is 2. The van der Waals surface area contributed by atoms with Crippen molar-refractivity contribution in [2.75, 3.05) is 0 Å². The zero-order chi connectivity index (χ0) is 20.3. The second-order valence-corrected chi connectivity index (χ2v) is 8.26. The van der Waals surface area contributed by atoms with E-state index >= 15 is 0 Å². The molecule has 3 aliphatic rings. The minimum absolute atomic E-state index is 0.0159. The van der Waals surface area contributed by atoms with Crippen LogP contribution in [0.2, 0.25) is 0 Å². The van der Waals surface area contributed by atoms with Crippen LogP contribution in [0, 0.1) is 17.3 Å². The number of fused-ring (bicyclic) bond motifs is 2. The second-order valence-electron chi connectivity index (χ2n) is 8.26.